The highest BCUT2D eigenvalue weighted by molar-refractivity contribution is 6.06. The van der Waals surface area contributed by atoms with Crippen molar-refractivity contribution in [3.05, 3.63) is 53.7 Å². The Labute approximate surface area is 178 Å². The molecule has 164 valence electrons. The maximum Gasteiger partial charge on any atom is 0.416 e. The molecule has 1 N–H and O–H groups in total. The molecule has 0 saturated heterocycles. The van der Waals surface area contributed by atoms with Gasteiger partial charge in [0.2, 0.25) is 0 Å². The van der Waals surface area contributed by atoms with Crippen molar-refractivity contribution in [1.29, 1.82) is 0 Å². The zero-order valence-electron chi connectivity index (χ0n) is 17.4. The maximum atomic E-state index is 13.0. The van der Waals surface area contributed by atoms with Gasteiger partial charge in [0, 0.05) is 23.2 Å². The van der Waals surface area contributed by atoms with E-state index in [0.29, 0.717) is 17.5 Å². The van der Waals surface area contributed by atoms with Gasteiger partial charge in [0.25, 0.3) is 5.91 Å². The van der Waals surface area contributed by atoms with Crippen molar-refractivity contribution in [3.8, 4) is 5.75 Å². The second-order valence-electron chi connectivity index (χ2n) is 8.17. The summed E-state index contributed by atoms with van der Waals surface area (Å²) < 4.78 is 46.3. The third-order valence-corrected chi connectivity index (χ3v) is 5.90. The fraction of sp³-hybridized carbons (Fsp3) is 0.391. The van der Waals surface area contributed by atoms with Gasteiger partial charge >= 0.3 is 6.18 Å². The Morgan fingerprint density at radius 3 is 2.58 bits per heavy atom. The molecule has 1 aliphatic rings. The van der Waals surface area contributed by atoms with Crippen LogP contribution in [0, 0.1) is 5.92 Å². The SMILES string of the molecule is COc1cc2nn(C3CCC(C)CC3)cc2cc1NC(=O)c1cccc(C(F)(F)F)c1. The lowest BCUT2D eigenvalue weighted by atomic mass is 9.87. The van der Waals surface area contributed by atoms with Crippen molar-refractivity contribution in [2.75, 3.05) is 12.4 Å². The predicted molar refractivity (Wildman–Crippen MR) is 112 cm³/mol. The van der Waals surface area contributed by atoms with Crippen LogP contribution in [-0.4, -0.2) is 22.8 Å². The van der Waals surface area contributed by atoms with Crippen LogP contribution in [0.5, 0.6) is 5.75 Å². The van der Waals surface area contributed by atoms with Crippen LogP contribution in [0.4, 0.5) is 18.9 Å². The minimum absolute atomic E-state index is 0.0796. The maximum absolute atomic E-state index is 13.0. The highest BCUT2D eigenvalue weighted by atomic mass is 19.4. The molecule has 2 aromatic carbocycles. The molecule has 0 atom stereocenters. The largest absolute Gasteiger partial charge is 0.494 e. The van der Waals surface area contributed by atoms with Gasteiger partial charge in [0.1, 0.15) is 5.75 Å². The van der Waals surface area contributed by atoms with Gasteiger partial charge in [-0.05, 0) is 55.9 Å². The molecule has 1 aliphatic carbocycles. The summed E-state index contributed by atoms with van der Waals surface area (Å²) in [4.78, 5) is 12.6. The number of carbonyl (C=O) groups is 1. The van der Waals surface area contributed by atoms with E-state index in [1.165, 1.54) is 32.1 Å². The lowest BCUT2D eigenvalue weighted by Gasteiger charge is -2.26. The number of nitrogens with zero attached hydrogens (tertiary/aromatic N) is 2. The predicted octanol–water partition coefficient (Wildman–Crippen LogP) is 6.07. The number of rotatable bonds is 4. The van der Waals surface area contributed by atoms with E-state index in [-0.39, 0.29) is 5.56 Å². The van der Waals surface area contributed by atoms with Crippen molar-refractivity contribution >= 4 is 22.5 Å². The van der Waals surface area contributed by atoms with Gasteiger partial charge in [0.05, 0.1) is 29.9 Å². The van der Waals surface area contributed by atoms with Crippen LogP contribution < -0.4 is 10.1 Å². The van der Waals surface area contributed by atoms with E-state index in [1.807, 2.05) is 10.9 Å². The highest BCUT2D eigenvalue weighted by Gasteiger charge is 2.31. The molecular formula is C23H24F3N3O2. The molecule has 0 unspecified atom stereocenters. The van der Waals surface area contributed by atoms with Crippen molar-refractivity contribution in [2.24, 2.45) is 5.92 Å². The molecule has 0 aliphatic heterocycles. The number of halogens is 3. The van der Waals surface area contributed by atoms with Gasteiger partial charge < -0.3 is 10.1 Å². The van der Waals surface area contributed by atoms with E-state index in [1.54, 1.807) is 12.1 Å². The van der Waals surface area contributed by atoms with Gasteiger partial charge in [0.15, 0.2) is 0 Å². The summed E-state index contributed by atoms with van der Waals surface area (Å²) in [6, 6.07) is 8.16. The van der Waals surface area contributed by atoms with Crippen LogP contribution in [0.2, 0.25) is 0 Å². The molecule has 1 aromatic heterocycles. The number of hydrogen-bond donors (Lipinski definition) is 1. The molecule has 1 amide bonds. The molecule has 4 rings (SSSR count). The summed E-state index contributed by atoms with van der Waals surface area (Å²) in [5.74, 6) is 0.492. The number of aromatic nitrogens is 2. The first kappa shape index (κ1) is 21.2. The van der Waals surface area contributed by atoms with E-state index in [2.05, 4.69) is 17.3 Å². The minimum atomic E-state index is -4.52. The highest BCUT2D eigenvalue weighted by Crippen LogP contribution is 2.35. The fourth-order valence-corrected chi connectivity index (χ4v) is 4.06. The van der Waals surface area contributed by atoms with E-state index >= 15 is 0 Å². The Morgan fingerprint density at radius 1 is 1.16 bits per heavy atom. The quantitative estimate of drug-likeness (QED) is 0.546. The lowest BCUT2D eigenvalue weighted by molar-refractivity contribution is -0.137. The number of methoxy groups -OCH3 is 1. The molecular weight excluding hydrogens is 407 g/mol. The van der Waals surface area contributed by atoms with Gasteiger partial charge in [-0.25, -0.2) is 0 Å². The van der Waals surface area contributed by atoms with Crippen molar-refractivity contribution in [3.63, 3.8) is 0 Å². The number of alkyl halides is 3. The lowest BCUT2D eigenvalue weighted by Crippen LogP contribution is -2.16. The Kier molecular flexibility index (Phi) is 5.64. The molecule has 31 heavy (non-hydrogen) atoms. The molecule has 0 bridgehead atoms. The zero-order chi connectivity index (χ0) is 22.2. The molecule has 3 aromatic rings. The van der Waals surface area contributed by atoms with Crippen LogP contribution in [0.3, 0.4) is 0 Å². The minimum Gasteiger partial charge on any atom is -0.494 e. The Bertz CT molecular complexity index is 1100. The average Bonchev–Trinajstić information content (AvgIpc) is 3.16. The third-order valence-electron chi connectivity index (χ3n) is 5.90. The normalized spacial score (nSPS) is 19.4. The summed E-state index contributed by atoms with van der Waals surface area (Å²) in [5, 5.41) is 8.19. The van der Waals surface area contributed by atoms with E-state index < -0.39 is 17.6 Å². The Balaban J connectivity index is 1.60. The van der Waals surface area contributed by atoms with Crippen LogP contribution in [-0.2, 0) is 6.18 Å². The van der Waals surface area contributed by atoms with Crippen LogP contribution in [0.15, 0.2) is 42.6 Å². The van der Waals surface area contributed by atoms with E-state index in [9.17, 15) is 18.0 Å². The number of amides is 1. The fourth-order valence-electron chi connectivity index (χ4n) is 4.06. The van der Waals surface area contributed by atoms with Gasteiger partial charge in [-0.2, -0.15) is 18.3 Å². The summed E-state index contributed by atoms with van der Waals surface area (Å²) >= 11 is 0. The molecule has 8 heteroatoms. The molecule has 1 saturated carbocycles. The number of carbonyl (C=O) groups excluding carboxylic acids is 1. The molecule has 5 nitrogen and oxygen atoms in total. The number of benzene rings is 2. The number of hydrogen-bond acceptors (Lipinski definition) is 3. The van der Waals surface area contributed by atoms with Crippen molar-refractivity contribution < 1.29 is 22.7 Å². The van der Waals surface area contributed by atoms with Crippen molar-refractivity contribution in [2.45, 2.75) is 44.8 Å². The van der Waals surface area contributed by atoms with Crippen molar-refractivity contribution in [1.82, 2.24) is 9.78 Å². The summed E-state index contributed by atoms with van der Waals surface area (Å²) in [6.07, 6.45) is 1.93. The number of nitrogens with one attached hydrogen (secondary N) is 1. The number of anilines is 1. The second-order valence-corrected chi connectivity index (χ2v) is 8.17. The van der Waals surface area contributed by atoms with Gasteiger partial charge in [-0.3, -0.25) is 9.48 Å². The topological polar surface area (TPSA) is 56.1 Å². The number of ether oxygens (including phenoxy) is 1. The molecule has 1 fully saturated rings. The van der Waals surface area contributed by atoms with Crippen LogP contribution >= 0.6 is 0 Å². The average molecular weight is 431 g/mol. The standard InChI is InChI=1S/C23H24F3N3O2/c1-14-6-8-18(9-7-14)29-13-16-11-20(21(31-2)12-19(16)28-29)27-22(30)15-4-3-5-17(10-15)23(24,25)26/h3-5,10-14,18H,6-9H2,1-2H3,(H,27,30). The monoisotopic (exact) mass is 431 g/mol. The molecule has 1 heterocycles. The van der Waals surface area contributed by atoms with Crippen LogP contribution in [0.1, 0.15) is 54.6 Å². The first-order valence-electron chi connectivity index (χ1n) is 10.3. The van der Waals surface area contributed by atoms with Gasteiger partial charge in [-0.1, -0.05) is 13.0 Å². The first-order chi connectivity index (χ1) is 14.7. The van der Waals surface area contributed by atoms with Crippen LogP contribution in [0.25, 0.3) is 10.9 Å². The van der Waals surface area contributed by atoms with E-state index in [4.69, 9.17) is 4.74 Å². The molecule has 0 spiro atoms. The summed E-state index contributed by atoms with van der Waals surface area (Å²) in [6.45, 7) is 2.26. The first-order valence-corrected chi connectivity index (χ1v) is 10.3. The molecule has 0 radical (unpaired) electrons. The zero-order valence-corrected chi connectivity index (χ0v) is 17.4. The number of fused-ring (bicyclic) bond motifs is 1. The smallest absolute Gasteiger partial charge is 0.416 e. The summed E-state index contributed by atoms with van der Waals surface area (Å²) in [5.41, 5.74) is 0.177. The van der Waals surface area contributed by atoms with Gasteiger partial charge in [-0.15, -0.1) is 0 Å². The van der Waals surface area contributed by atoms with E-state index in [0.717, 1.165) is 41.8 Å². The summed E-state index contributed by atoms with van der Waals surface area (Å²) in [7, 11) is 1.47. The second kappa shape index (κ2) is 8.24. The Hall–Kier alpha value is -3.03. The Morgan fingerprint density at radius 2 is 1.90 bits per heavy atom. The third kappa shape index (κ3) is 4.52.